The Labute approximate surface area is 155 Å². The summed E-state index contributed by atoms with van der Waals surface area (Å²) >= 11 is 1.62. The van der Waals surface area contributed by atoms with Crippen LogP contribution in [0, 0.1) is 5.82 Å². The number of esters is 1. The van der Waals surface area contributed by atoms with Crippen molar-refractivity contribution in [2.45, 2.75) is 19.4 Å². The van der Waals surface area contributed by atoms with Gasteiger partial charge in [0, 0.05) is 17.1 Å². The number of hydrogen-bond acceptors (Lipinski definition) is 4. The van der Waals surface area contributed by atoms with E-state index in [9.17, 15) is 14.0 Å². The quantitative estimate of drug-likeness (QED) is 0.813. The molecule has 3 rings (SSSR count). The average molecular weight is 374 g/mol. The minimum absolute atomic E-state index is 0.291. The standard InChI is InChI=1S/C19H19FN2O3S/c1-12-16(18(23)25-2)17(13-5-7-14(20)8-6-13)21-19(24)22(12)10-9-15-4-3-11-26-15/h3-8,11,17H,9-10H2,1-2H3,(H,21,24)/t17-/m1/s1. The monoisotopic (exact) mass is 374 g/mol. The fourth-order valence-corrected chi connectivity index (χ4v) is 3.71. The minimum Gasteiger partial charge on any atom is -0.466 e. The molecular formula is C19H19FN2O3S. The first-order valence-corrected chi connectivity index (χ1v) is 9.04. The first-order valence-electron chi connectivity index (χ1n) is 8.16. The number of thiophene rings is 1. The second-order valence-corrected chi connectivity index (χ2v) is 6.94. The van der Waals surface area contributed by atoms with Gasteiger partial charge >= 0.3 is 12.0 Å². The lowest BCUT2D eigenvalue weighted by molar-refractivity contribution is -0.136. The topological polar surface area (TPSA) is 58.6 Å². The van der Waals surface area contributed by atoms with Crippen molar-refractivity contribution < 1.29 is 18.7 Å². The van der Waals surface area contributed by atoms with E-state index in [1.54, 1.807) is 35.3 Å². The van der Waals surface area contributed by atoms with Crippen molar-refractivity contribution in [2.75, 3.05) is 13.7 Å². The third-order valence-electron chi connectivity index (χ3n) is 4.37. The average Bonchev–Trinajstić information content (AvgIpc) is 3.14. The van der Waals surface area contributed by atoms with Gasteiger partial charge in [-0.2, -0.15) is 0 Å². The number of ether oxygens (including phenoxy) is 1. The zero-order chi connectivity index (χ0) is 18.7. The van der Waals surface area contributed by atoms with Crippen LogP contribution in [0.5, 0.6) is 0 Å². The van der Waals surface area contributed by atoms with Gasteiger partial charge < -0.3 is 10.1 Å². The highest BCUT2D eigenvalue weighted by Gasteiger charge is 2.36. The van der Waals surface area contributed by atoms with Crippen LogP contribution < -0.4 is 5.32 Å². The molecule has 5 nitrogen and oxygen atoms in total. The molecule has 0 saturated heterocycles. The molecule has 1 aliphatic rings. The molecule has 1 aliphatic heterocycles. The molecule has 2 aromatic rings. The summed E-state index contributed by atoms with van der Waals surface area (Å²) < 4.78 is 18.2. The molecule has 1 atom stereocenters. The van der Waals surface area contributed by atoms with Crippen LogP contribution in [0.1, 0.15) is 23.4 Å². The van der Waals surface area contributed by atoms with Crippen LogP contribution in [-0.2, 0) is 16.0 Å². The highest BCUT2D eigenvalue weighted by molar-refractivity contribution is 7.09. The summed E-state index contributed by atoms with van der Waals surface area (Å²) in [7, 11) is 1.30. The molecule has 2 heterocycles. The summed E-state index contributed by atoms with van der Waals surface area (Å²) in [5.74, 6) is -0.897. The van der Waals surface area contributed by atoms with Crippen LogP contribution in [0.4, 0.5) is 9.18 Å². The molecule has 7 heteroatoms. The number of benzene rings is 1. The highest BCUT2D eigenvalue weighted by atomic mass is 32.1. The maximum Gasteiger partial charge on any atom is 0.337 e. The molecule has 0 radical (unpaired) electrons. The zero-order valence-corrected chi connectivity index (χ0v) is 15.3. The molecule has 1 aromatic heterocycles. The molecular weight excluding hydrogens is 355 g/mol. The third kappa shape index (κ3) is 3.62. The van der Waals surface area contributed by atoms with Gasteiger partial charge in [-0.1, -0.05) is 18.2 Å². The number of allylic oxidation sites excluding steroid dienone is 1. The molecule has 0 spiro atoms. The number of nitrogens with zero attached hydrogens (tertiary/aromatic N) is 1. The Balaban J connectivity index is 1.93. The van der Waals surface area contributed by atoms with Crippen LogP contribution in [0.2, 0.25) is 0 Å². The van der Waals surface area contributed by atoms with Crippen LogP contribution >= 0.6 is 11.3 Å². The lowest BCUT2D eigenvalue weighted by Gasteiger charge is -2.35. The van der Waals surface area contributed by atoms with Gasteiger partial charge in [0.05, 0.1) is 18.7 Å². The van der Waals surface area contributed by atoms with Gasteiger partial charge in [-0.15, -0.1) is 11.3 Å². The molecule has 0 aliphatic carbocycles. The Morgan fingerprint density at radius 2 is 2.04 bits per heavy atom. The highest BCUT2D eigenvalue weighted by Crippen LogP contribution is 2.31. The van der Waals surface area contributed by atoms with Crippen LogP contribution in [-0.4, -0.2) is 30.6 Å². The lowest BCUT2D eigenvalue weighted by atomic mass is 9.95. The summed E-state index contributed by atoms with van der Waals surface area (Å²) in [6, 6.07) is 8.71. The predicted octanol–water partition coefficient (Wildman–Crippen LogP) is 3.64. The summed E-state index contributed by atoms with van der Waals surface area (Å²) in [6.07, 6.45) is 0.693. The van der Waals surface area contributed by atoms with E-state index in [0.717, 1.165) is 4.88 Å². The van der Waals surface area contributed by atoms with E-state index in [1.807, 2.05) is 17.5 Å². The van der Waals surface area contributed by atoms with Gasteiger partial charge in [0.15, 0.2) is 0 Å². The Morgan fingerprint density at radius 1 is 1.31 bits per heavy atom. The first-order chi connectivity index (χ1) is 12.5. The van der Waals surface area contributed by atoms with E-state index >= 15 is 0 Å². The summed E-state index contributed by atoms with van der Waals surface area (Å²) in [5.41, 5.74) is 1.52. The number of amides is 2. The Morgan fingerprint density at radius 3 is 2.65 bits per heavy atom. The van der Waals surface area contributed by atoms with E-state index in [0.29, 0.717) is 29.8 Å². The third-order valence-corrected chi connectivity index (χ3v) is 5.30. The predicted molar refractivity (Wildman–Crippen MR) is 97.1 cm³/mol. The number of carbonyl (C=O) groups is 2. The number of nitrogens with one attached hydrogen (secondary N) is 1. The van der Waals surface area contributed by atoms with E-state index in [1.165, 1.54) is 19.2 Å². The maximum absolute atomic E-state index is 13.2. The van der Waals surface area contributed by atoms with E-state index in [2.05, 4.69) is 5.32 Å². The molecule has 0 saturated carbocycles. The number of hydrogen-bond donors (Lipinski definition) is 1. The molecule has 0 fully saturated rings. The van der Waals surface area contributed by atoms with E-state index < -0.39 is 12.0 Å². The van der Waals surface area contributed by atoms with Crippen molar-refractivity contribution in [3.8, 4) is 0 Å². The first kappa shape index (κ1) is 18.1. The number of rotatable bonds is 5. The molecule has 26 heavy (non-hydrogen) atoms. The maximum atomic E-state index is 13.2. The summed E-state index contributed by atoms with van der Waals surface area (Å²) in [5, 5.41) is 4.82. The number of methoxy groups -OCH3 is 1. The molecule has 1 aromatic carbocycles. The van der Waals surface area contributed by atoms with E-state index in [4.69, 9.17) is 4.74 Å². The van der Waals surface area contributed by atoms with Gasteiger partial charge in [-0.3, -0.25) is 4.90 Å². The van der Waals surface area contributed by atoms with Crippen LogP contribution in [0.3, 0.4) is 0 Å². The minimum atomic E-state index is -0.673. The number of halogens is 1. The molecule has 0 unspecified atom stereocenters. The van der Waals surface area contributed by atoms with Crippen molar-refractivity contribution in [1.29, 1.82) is 0 Å². The fraction of sp³-hybridized carbons (Fsp3) is 0.263. The molecule has 136 valence electrons. The summed E-state index contributed by atoms with van der Waals surface area (Å²) in [4.78, 5) is 27.7. The Kier molecular flexibility index (Phi) is 5.37. The number of carbonyl (C=O) groups excluding carboxylic acids is 2. The normalized spacial score (nSPS) is 17.3. The van der Waals surface area contributed by atoms with Gasteiger partial charge in [-0.05, 0) is 42.5 Å². The van der Waals surface area contributed by atoms with Crippen molar-refractivity contribution in [1.82, 2.24) is 10.2 Å². The molecule has 0 bridgehead atoms. The largest absolute Gasteiger partial charge is 0.466 e. The van der Waals surface area contributed by atoms with Gasteiger partial charge in [0.1, 0.15) is 5.82 Å². The lowest BCUT2D eigenvalue weighted by Crippen LogP contribution is -2.48. The van der Waals surface area contributed by atoms with Gasteiger partial charge in [0.2, 0.25) is 0 Å². The molecule has 2 amide bonds. The smallest absolute Gasteiger partial charge is 0.337 e. The number of urea groups is 1. The second kappa shape index (κ2) is 7.70. The SMILES string of the molecule is COC(=O)C1=C(C)N(CCc2cccs2)C(=O)N[C@@H]1c1ccc(F)cc1. The second-order valence-electron chi connectivity index (χ2n) is 5.91. The van der Waals surface area contributed by atoms with Crippen LogP contribution in [0.15, 0.2) is 53.0 Å². The molecule has 1 N–H and O–H groups in total. The van der Waals surface area contributed by atoms with Crippen LogP contribution in [0.25, 0.3) is 0 Å². The van der Waals surface area contributed by atoms with E-state index in [-0.39, 0.29) is 11.8 Å². The summed E-state index contributed by atoms with van der Waals surface area (Å²) in [6.45, 7) is 2.19. The van der Waals surface area contributed by atoms with Crippen molar-refractivity contribution in [3.05, 3.63) is 69.3 Å². The zero-order valence-electron chi connectivity index (χ0n) is 14.5. The van der Waals surface area contributed by atoms with Crippen molar-refractivity contribution in [3.63, 3.8) is 0 Å². The Hall–Kier alpha value is -2.67. The van der Waals surface area contributed by atoms with Crippen molar-refractivity contribution in [2.24, 2.45) is 0 Å². The van der Waals surface area contributed by atoms with Crippen molar-refractivity contribution >= 4 is 23.3 Å². The van der Waals surface area contributed by atoms with Gasteiger partial charge in [-0.25, -0.2) is 14.0 Å². The van der Waals surface area contributed by atoms with Gasteiger partial charge in [0.25, 0.3) is 0 Å². The Bertz CT molecular complexity index is 831. The fourth-order valence-electron chi connectivity index (χ4n) is 3.01.